The molecule has 0 atom stereocenters. The fourth-order valence-electron chi connectivity index (χ4n) is 2.76. The van der Waals surface area contributed by atoms with Crippen LogP contribution in [0.4, 0.5) is 5.69 Å². The molecule has 140 valence electrons. The van der Waals surface area contributed by atoms with Crippen LogP contribution in [0.5, 0.6) is 5.75 Å². The van der Waals surface area contributed by atoms with Gasteiger partial charge in [-0.1, -0.05) is 12.1 Å². The van der Waals surface area contributed by atoms with E-state index in [-0.39, 0.29) is 29.9 Å². The maximum Gasteiger partial charge on any atom is 0.307 e. The Balaban J connectivity index is 0.00000312. The predicted molar refractivity (Wildman–Crippen MR) is 110 cm³/mol. The zero-order chi connectivity index (χ0) is 17.4. The molecule has 2 rings (SSSR count). The number of nitrogens with one attached hydrogen (secondary N) is 1. The Bertz CT molecular complexity index is 575. The van der Waals surface area contributed by atoms with E-state index in [0.29, 0.717) is 13.0 Å². The third-order valence-electron chi connectivity index (χ3n) is 4.06. The van der Waals surface area contributed by atoms with Crippen LogP contribution in [0.2, 0.25) is 0 Å². The van der Waals surface area contributed by atoms with Gasteiger partial charge in [-0.05, 0) is 12.1 Å². The van der Waals surface area contributed by atoms with Crippen LogP contribution >= 0.6 is 24.0 Å². The highest BCUT2D eigenvalue weighted by Gasteiger charge is 2.21. The van der Waals surface area contributed by atoms with E-state index in [2.05, 4.69) is 30.9 Å². The second-order valence-electron chi connectivity index (χ2n) is 5.45. The van der Waals surface area contributed by atoms with Gasteiger partial charge in [0.2, 0.25) is 0 Å². The first-order valence-electron chi connectivity index (χ1n) is 8.10. The molecule has 1 fully saturated rings. The molecular formula is C17H27IN4O3. The number of methoxy groups -OCH3 is 2. The number of aliphatic imine (C=N–C) groups is 1. The fraction of sp³-hybridized carbons (Fsp3) is 0.529. The van der Waals surface area contributed by atoms with Crippen molar-refractivity contribution in [3.05, 3.63) is 24.3 Å². The van der Waals surface area contributed by atoms with E-state index < -0.39 is 0 Å². The molecule has 0 radical (unpaired) electrons. The Kier molecular flexibility index (Phi) is 9.40. The molecule has 0 unspecified atom stereocenters. The van der Waals surface area contributed by atoms with Gasteiger partial charge in [-0.2, -0.15) is 0 Å². The number of halogens is 1. The summed E-state index contributed by atoms with van der Waals surface area (Å²) >= 11 is 0. The van der Waals surface area contributed by atoms with Gasteiger partial charge in [-0.3, -0.25) is 9.79 Å². The van der Waals surface area contributed by atoms with Crippen LogP contribution < -0.4 is 15.0 Å². The average Bonchev–Trinajstić information content (AvgIpc) is 2.65. The number of esters is 1. The molecule has 0 amide bonds. The Hall–Kier alpha value is -1.71. The normalized spacial score (nSPS) is 14.6. The highest BCUT2D eigenvalue weighted by molar-refractivity contribution is 14.0. The molecule has 1 aliphatic rings. The van der Waals surface area contributed by atoms with Crippen molar-refractivity contribution in [2.45, 2.75) is 6.42 Å². The summed E-state index contributed by atoms with van der Waals surface area (Å²) in [6, 6.07) is 8.07. The lowest BCUT2D eigenvalue weighted by Crippen LogP contribution is -2.52. The molecule has 1 aliphatic heterocycles. The van der Waals surface area contributed by atoms with E-state index in [9.17, 15) is 4.79 Å². The van der Waals surface area contributed by atoms with E-state index in [0.717, 1.165) is 43.6 Å². The maximum atomic E-state index is 11.2. The van der Waals surface area contributed by atoms with Crippen LogP contribution in [0, 0.1) is 0 Å². The minimum absolute atomic E-state index is 0. The van der Waals surface area contributed by atoms with Crippen molar-refractivity contribution in [1.29, 1.82) is 0 Å². The Labute approximate surface area is 166 Å². The minimum Gasteiger partial charge on any atom is -0.495 e. The number of rotatable bonds is 5. The third-order valence-corrected chi connectivity index (χ3v) is 4.06. The van der Waals surface area contributed by atoms with E-state index in [1.165, 1.54) is 7.11 Å². The molecule has 0 aliphatic carbocycles. The molecule has 0 aromatic heterocycles. The predicted octanol–water partition coefficient (Wildman–Crippen LogP) is 1.57. The van der Waals surface area contributed by atoms with Gasteiger partial charge >= 0.3 is 5.97 Å². The van der Waals surface area contributed by atoms with E-state index in [1.54, 1.807) is 14.2 Å². The lowest BCUT2D eigenvalue weighted by atomic mass is 10.2. The first-order chi connectivity index (χ1) is 11.7. The fourth-order valence-corrected chi connectivity index (χ4v) is 2.76. The number of hydrogen-bond donors (Lipinski definition) is 1. The summed E-state index contributed by atoms with van der Waals surface area (Å²) in [5.41, 5.74) is 1.12. The van der Waals surface area contributed by atoms with Gasteiger partial charge in [0.1, 0.15) is 5.75 Å². The van der Waals surface area contributed by atoms with Gasteiger partial charge in [0, 0.05) is 39.8 Å². The number of para-hydroxylation sites is 2. The topological polar surface area (TPSA) is 66.4 Å². The summed E-state index contributed by atoms with van der Waals surface area (Å²) < 4.78 is 10.1. The zero-order valence-electron chi connectivity index (χ0n) is 15.0. The van der Waals surface area contributed by atoms with Crippen molar-refractivity contribution in [2.75, 3.05) is 58.9 Å². The quantitative estimate of drug-likeness (QED) is 0.310. The van der Waals surface area contributed by atoms with Crippen LogP contribution in [-0.4, -0.2) is 70.8 Å². The molecular weight excluding hydrogens is 435 g/mol. The van der Waals surface area contributed by atoms with Crippen molar-refractivity contribution in [2.24, 2.45) is 4.99 Å². The first-order valence-corrected chi connectivity index (χ1v) is 8.10. The van der Waals surface area contributed by atoms with Gasteiger partial charge in [0.05, 0.1) is 26.3 Å². The first kappa shape index (κ1) is 21.3. The van der Waals surface area contributed by atoms with Crippen LogP contribution in [0.1, 0.15) is 6.42 Å². The number of carbonyl (C=O) groups excluding carboxylic acids is 1. The van der Waals surface area contributed by atoms with E-state index in [1.807, 2.05) is 18.2 Å². The standard InChI is InChI=1S/C17H26N4O3.HI/c1-18-17(19-9-8-16(22)24-3)21-12-10-20(11-13-21)14-6-4-5-7-15(14)23-2;/h4-7H,8-13H2,1-3H3,(H,18,19);1H. The molecule has 0 saturated carbocycles. The Morgan fingerprint density at radius 3 is 2.48 bits per heavy atom. The zero-order valence-corrected chi connectivity index (χ0v) is 17.4. The summed E-state index contributed by atoms with van der Waals surface area (Å²) in [7, 11) is 4.85. The van der Waals surface area contributed by atoms with E-state index in [4.69, 9.17) is 4.74 Å². The van der Waals surface area contributed by atoms with Crippen LogP contribution in [-0.2, 0) is 9.53 Å². The van der Waals surface area contributed by atoms with Crippen molar-refractivity contribution in [3.63, 3.8) is 0 Å². The molecule has 25 heavy (non-hydrogen) atoms. The average molecular weight is 462 g/mol. The van der Waals surface area contributed by atoms with Gasteiger partial charge < -0.3 is 24.6 Å². The molecule has 1 aromatic carbocycles. The van der Waals surface area contributed by atoms with Crippen LogP contribution in [0.3, 0.4) is 0 Å². The molecule has 8 heteroatoms. The van der Waals surface area contributed by atoms with Crippen molar-refractivity contribution >= 4 is 41.6 Å². The summed E-state index contributed by atoms with van der Waals surface area (Å²) in [6.07, 6.45) is 0.330. The number of anilines is 1. The van der Waals surface area contributed by atoms with Crippen molar-refractivity contribution in [1.82, 2.24) is 10.2 Å². The van der Waals surface area contributed by atoms with Crippen molar-refractivity contribution < 1.29 is 14.3 Å². The molecule has 0 bridgehead atoms. The number of benzene rings is 1. The molecule has 1 aromatic rings. The number of nitrogens with zero attached hydrogens (tertiary/aromatic N) is 3. The number of carbonyl (C=O) groups is 1. The minimum atomic E-state index is -0.223. The summed E-state index contributed by atoms with van der Waals surface area (Å²) in [5.74, 6) is 1.49. The molecule has 1 saturated heterocycles. The Morgan fingerprint density at radius 2 is 1.88 bits per heavy atom. The molecule has 1 N–H and O–H groups in total. The number of guanidine groups is 1. The monoisotopic (exact) mass is 462 g/mol. The molecule has 0 spiro atoms. The summed E-state index contributed by atoms with van der Waals surface area (Å²) in [6.45, 7) is 4.01. The second-order valence-corrected chi connectivity index (χ2v) is 5.45. The van der Waals surface area contributed by atoms with Crippen molar-refractivity contribution in [3.8, 4) is 5.75 Å². The van der Waals surface area contributed by atoms with Gasteiger partial charge in [0.15, 0.2) is 5.96 Å². The van der Waals surface area contributed by atoms with E-state index >= 15 is 0 Å². The second kappa shape index (κ2) is 11.0. The largest absolute Gasteiger partial charge is 0.495 e. The highest BCUT2D eigenvalue weighted by atomic mass is 127. The maximum absolute atomic E-state index is 11.2. The summed E-state index contributed by atoms with van der Waals surface area (Å²) in [5, 5.41) is 3.21. The lowest BCUT2D eigenvalue weighted by Gasteiger charge is -2.38. The van der Waals surface area contributed by atoms with Gasteiger partial charge in [-0.15, -0.1) is 24.0 Å². The van der Waals surface area contributed by atoms with Gasteiger partial charge in [0.25, 0.3) is 0 Å². The number of piperazine rings is 1. The lowest BCUT2D eigenvalue weighted by molar-refractivity contribution is -0.140. The third kappa shape index (κ3) is 5.94. The smallest absolute Gasteiger partial charge is 0.307 e. The van der Waals surface area contributed by atoms with Gasteiger partial charge in [-0.25, -0.2) is 0 Å². The Morgan fingerprint density at radius 1 is 1.20 bits per heavy atom. The molecule has 1 heterocycles. The SMILES string of the molecule is CN=C(NCCC(=O)OC)N1CCN(c2ccccc2OC)CC1.I. The number of hydrogen-bond acceptors (Lipinski definition) is 5. The highest BCUT2D eigenvalue weighted by Crippen LogP contribution is 2.28. The van der Waals surface area contributed by atoms with Crippen LogP contribution in [0.15, 0.2) is 29.3 Å². The molecule has 7 nitrogen and oxygen atoms in total. The number of ether oxygens (including phenoxy) is 2. The van der Waals surface area contributed by atoms with Crippen LogP contribution in [0.25, 0.3) is 0 Å². The summed E-state index contributed by atoms with van der Waals surface area (Å²) in [4.78, 5) is 20.0.